The van der Waals surface area contributed by atoms with Gasteiger partial charge in [-0.25, -0.2) is 0 Å². The number of rotatable bonds is 4. The van der Waals surface area contributed by atoms with E-state index in [9.17, 15) is 0 Å². The number of anilines is 1. The van der Waals surface area contributed by atoms with Gasteiger partial charge in [0.05, 0.1) is 23.9 Å². The van der Waals surface area contributed by atoms with Gasteiger partial charge in [0, 0.05) is 11.3 Å². The number of hydrogen-bond acceptors (Lipinski definition) is 3. The molecular weight excluding hydrogens is 250 g/mol. The van der Waals surface area contributed by atoms with Crippen molar-refractivity contribution in [2.45, 2.75) is 25.8 Å². The van der Waals surface area contributed by atoms with Gasteiger partial charge in [-0.15, -0.1) is 0 Å². The molecule has 0 spiro atoms. The van der Waals surface area contributed by atoms with Crippen molar-refractivity contribution in [2.24, 2.45) is 5.92 Å². The summed E-state index contributed by atoms with van der Waals surface area (Å²) in [5.74, 6) is 3.53. The Morgan fingerprint density at radius 1 is 1.35 bits per heavy atom. The van der Waals surface area contributed by atoms with Crippen LogP contribution in [0.5, 0.6) is 0 Å². The van der Waals surface area contributed by atoms with E-state index in [1.807, 2.05) is 24.4 Å². The van der Waals surface area contributed by atoms with E-state index in [-0.39, 0.29) is 0 Å². The minimum atomic E-state index is 0.639. The molecule has 2 aromatic heterocycles. The zero-order chi connectivity index (χ0) is 13.5. The highest BCUT2D eigenvalue weighted by atomic mass is 16.3. The van der Waals surface area contributed by atoms with E-state index < -0.39 is 0 Å². The Balaban J connectivity index is 1.50. The van der Waals surface area contributed by atoms with E-state index in [1.54, 1.807) is 0 Å². The van der Waals surface area contributed by atoms with E-state index in [2.05, 4.69) is 34.6 Å². The van der Waals surface area contributed by atoms with Crippen molar-refractivity contribution in [1.29, 1.82) is 0 Å². The van der Waals surface area contributed by atoms with Gasteiger partial charge >= 0.3 is 0 Å². The zero-order valence-corrected chi connectivity index (χ0v) is 11.4. The van der Waals surface area contributed by atoms with Crippen molar-refractivity contribution in [1.82, 2.24) is 10.2 Å². The summed E-state index contributed by atoms with van der Waals surface area (Å²) < 4.78 is 5.90. The van der Waals surface area contributed by atoms with Gasteiger partial charge in [-0.05, 0) is 30.5 Å². The first kappa shape index (κ1) is 11.6. The zero-order valence-electron chi connectivity index (χ0n) is 11.4. The molecule has 0 bridgehead atoms. The second kappa shape index (κ2) is 4.40. The average molecular weight is 267 g/mol. The molecule has 1 aliphatic carbocycles. The molecule has 0 radical (unpaired) electrons. The van der Waals surface area contributed by atoms with Crippen LogP contribution in [-0.4, -0.2) is 10.2 Å². The molecule has 4 heteroatoms. The first-order valence-corrected chi connectivity index (χ1v) is 7.06. The molecule has 102 valence electrons. The Morgan fingerprint density at radius 2 is 2.25 bits per heavy atom. The Kier molecular flexibility index (Phi) is 2.55. The fraction of sp³-hybridized carbons (Fsp3) is 0.312. The van der Waals surface area contributed by atoms with Crippen LogP contribution in [0.3, 0.4) is 0 Å². The fourth-order valence-electron chi connectivity index (χ4n) is 2.71. The van der Waals surface area contributed by atoms with Gasteiger partial charge in [0.15, 0.2) is 0 Å². The molecule has 0 saturated heterocycles. The number of H-pyrrole nitrogens is 1. The predicted octanol–water partition coefficient (Wildman–Crippen LogP) is 3.89. The van der Waals surface area contributed by atoms with E-state index in [0.29, 0.717) is 12.5 Å². The van der Waals surface area contributed by atoms with Crippen LogP contribution in [0.2, 0.25) is 0 Å². The molecule has 2 atom stereocenters. The minimum absolute atomic E-state index is 0.639. The first-order valence-electron chi connectivity index (χ1n) is 7.06. The molecule has 20 heavy (non-hydrogen) atoms. The normalized spacial score (nSPS) is 21.2. The average Bonchev–Trinajstić information content (AvgIpc) is 2.91. The summed E-state index contributed by atoms with van der Waals surface area (Å²) in [4.78, 5) is 0. The third-order valence-corrected chi connectivity index (χ3v) is 4.09. The molecule has 2 N–H and O–H groups in total. The number of benzene rings is 1. The fourth-order valence-corrected chi connectivity index (χ4v) is 2.71. The molecule has 1 aromatic carbocycles. The summed E-state index contributed by atoms with van der Waals surface area (Å²) in [6.45, 7) is 2.96. The molecular formula is C16H17N3O. The van der Waals surface area contributed by atoms with Crippen LogP contribution in [0.25, 0.3) is 10.9 Å². The second-order valence-electron chi connectivity index (χ2n) is 5.62. The van der Waals surface area contributed by atoms with E-state index in [0.717, 1.165) is 34.0 Å². The van der Waals surface area contributed by atoms with Gasteiger partial charge in [0.25, 0.3) is 0 Å². The van der Waals surface area contributed by atoms with Crippen molar-refractivity contribution < 1.29 is 4.42 Å². The number of nitrogens with one attached hydrogen (secondary N) is 2. The highest BCUT2D eigenvalue weighted by molar-refractivity contribution is 5.89. The van der Waals surface area contributed by atoms with Crippen molar-refractivity contribution >= 4 is 16.6 Å². The first-order chi connectivity index (χ1) is 9.81. The van der Waals surface area contributed by atoms with E-state index >= 15 is 0 Å². The molecule has 1 aliphatic rings. The summed E-state index contributed by atoms with van der Waals surface area (Å²) in [5.41, 5.74) is 2.09. The van der Waals surface area contributed by atoms with Crippen LogP contribution >= 0.6 is 0 Å². The third kappa shape index (κ3) is 1.97. The smallest absolute Gasteiger partial charge is 0.123 e. The molecule has 2 unspecified atom stereocenters. The van der Waals surface area contributed by atoms with Crippen molar-refractivity contribution in [3.63, 3.8) is 0 Å². The lowest BCUT2D eigenvalue weighted by atomic mass is 10.2. The van der Waals surface area contributed by atoms with Gasteiger partial charge in [0.1, 0.15) is 11.5 Å². The Morgan fingerprint density at radius 3 is 3.10 bits per heavy atom. The molecule has 3 aromatic rings. The third-order valence-electron chi connectivity index (χ3n) is 4.09. The van der Waals surface area contributed by atoms with Crippen LogP contribution in [0.15, 0.2) is 40.9 Å². The predicted molar refractivity (Wildman–Crippen MR) is 78.7 cm³/mol. The molecule has 1 fully saturated rings. The summed E-state index contributed by atoms with van der Waals surface area (Å²) in [5, 5.41) is 11.6. The molecule has 0 aliphatic heterocycles. The largest absolute Gasteiger partial charge is 0.464 e. The van der Waals surface area contributed by atoms with Crippen molar-refractivity contribution in [3.05, 3.63) is 48.0 Å². The SMILES string of the molecule is CC1CC1c1ccc(CNc2cccc3cn[nH]c23)o1. The maximum Gasteiger partial charge on any atom is 0.123 e. The van der Waals surface area contributed by atoms with E-state index in [1.165, 1.54) is 6.42 Å². The van der Waals surface area contributed by atoms with Crippen molar-refractivity contribution in [3.8, 4) is 0 Å². The summed E-state index contributed by atoms with van der Waals surface area (Å²) in [6.07, 6.45) is 3.09. The number of aromatic nitrogens is 2. The number of nitrogens with zero attached hydrogens (tertiary/aromatic N) is 1. The summed E-state index contributed by atoms with van der Waals surface area (Å²) in [6, 6.07) is 10.3. The lowest BCUT2D eigenvalue weighted by Crippen LogP contribution is -1.98. The lowest BCUT2D eigenvalue weighted by molar-refractivity contribution is 0.468. The van der Waals surface area contributed by atoms with Crippen LogP contribution in [0.4, 0.5) is 5.69 Å². The Bertz CT molecular complexity index is 743. The van der Waals surface area contributed by atoms with Gasteiger partial charge in [0.2, 0.25) is 0 Å². The van der Waals surface area contributed by atoms with Crippen molar-refractivity contribution in [2.75, 3.05) is 5.32 Å². The van der Waals surface area contributed by atoms with Crippen LogP contribution < -0.4 is 5.32 Å². The molecule has 4 nitrogen and oxygen atoms in total. The molecule has 0 amide bonds. The number of para-hydroxylation sites is 1. The molecule has 1 saturated carbocycles. The number of hydrogen-bond donors (Lipinski definition) is 2. The van der Waals surface area contributed by atoms with Gasteiger partial charge in [-0.3, -0.25) is 5.10 Å². The Hall–Kier alpha value is -2.23. The highest BCUT2D eigenvalue weighted by Crippen LogP contribution is 2.47. The lowest BCUT2D eigenvalue weighted by Gasteiger charge is -2.05. The molecule has 2 heterocycles. The minimum Gasteiger partial charge on any atom is -0.464 e. The molecule has 4 rings (SSSR count). The highest BCUT2D eigenvalue weighted by Gasteiger charge is 2.36. The van der Waals surface area contributed by atoms with Crippen LogP contribution in [0.1, 0.15) is 30.8 Å². The topological polar surface area (TPSA) is 53.9 Å². The van der Waals surface area contributed by atoms with Crippen LogP contribution in [-0.2, 0) is 6.54 Å². The van der Waals surface area contributed by atoms with Gasteiger partial charge in [-0.1, -0.05) is 19.1 Å². The number of aromatic amines is 1. The van der Waals surface area contributed by atoms with E-state index in [4.69, 9.17) is 4.42 Å². The van der Waals surface area contributed by atoms with Gasteiger partial charge < -0.3 is 9.73 Å². The monoisotopic (exact) mass is 267 g/mol. The summed E-state index contributed by atoms with van der Waals surface area (Å²) in [7, 11) is 0. The Labute approximate surface area is 117 Å². The maximum absolute atomic E-state index is 5.90. The van der Waals surface area contributed by atoms with Gasteiger partial charge in [-0.2, -0.15) is 5.10 Å². The second-order valence-corrected chi connectivity index (χ2v) is 5.62. The maximum atomic E-state index is 5.90. The summed E-state index contributed by atoms with van der Waals surface area (Å²) >= 11 is 0. The number of furan rings is 1. The standard InChI is InChI=1S/C16H17N3O/c1-10-7-13(10)15-6-5-12(20-15)9-17-14-4-2-3-11-8-18-19-16(11)14/h2-6,8,10,13,17H,7,9H2,1H3,(H,18,19). The van der Waals surface area contributed by atoms with Crippen LogP contribution in [0, 0.1) is 5.92 Å². The number of fused-ring (bicyclic) bond motifs is 1. The quantitative estimate of drug-likeness (QED) is 0.754.